The van der Waals surface area contributed by atoms with Crippen LogP contribution in [-0.4, -0.2) is 24.8 Å². The predicted octanol–water partition coefficient (Wildman–Crippen LogP) is 5.56. The van der Waals surface area contributed by atoms with Crippen molar-refractivity contribution in [2.75, 3.05) is 19.9 Å². The van der Waals surface area contributed by atoms with Gasteiger partial charge in [0.1, 0.15) is 0 Å². The summed E-state index contributed by atoms with van der Waals surface area (Å²) in [6, 6.07) is 24.2. The number of halogens is 1. The van der Waals surface area contributed by atoms with Gasteiger partial charge in [-0.1, -0.05) is 58.4 Å². The fraction of sp³-hybridized carbons (Fsp3) is 0.280. The normalized spacial score (nSPS) is 17.9. The van der Waals surface area contributed by atoms with Crippen molar-refractivity contribution in [3.05, 3.63) is 93.5 Å². The Balaban J connectivity index is 1.44. The van der Waals surface area contributed by atoms with E-state index in [-0.39, 0.29) is 0 Å². The van der Waals surface area contributed by atoms with Crippen LogP contribution >= 0.6 is 15.9 Å². The average Bonchev–Trinajstić information content (AvgIpc) is 3.21. The number of fused-ring (bicyclic) bond motifs is 2. The molecule has 0 saturated carbocycles. The highest BCUT2D eigenvalue weighted by Crippen LogP contribution is 2.41. The van der Waals surface area contributed by atoms with E-state index in [1.807, 2.05) is 0 Å². The number of hydrogen-bond acceptors (Lipinski definition) is 3. The first-order valence-electron chi connectivity index (χ1n) is 10.2. The first-order chi connectivity index (χ1) is 14.3. The smallest absolute Gasteiger partial charge is 0.231 e. The average molecular weight is 450 g/mol. The van der Waals surface area contributed by atoms with Crippen LogP contribution in [0.15, 0.2) is 71.2 Å². The molecule has 0 spiro atoms. The molecule has 0 fully saturated rings. The molecule has 0 N–H and O–H groups in total. The van der Waals surface area contributed by atoms with Crippen LogP contribution in [0.5, 0.6) is 11.5 Å². The monoisotopic (exact) mass is 449 g/mol. The second-order valence-electron chi connectivity index (χ2n) is 7.77. The molecular weight excluding hydrogens is 426 g/mol. The summed E-state index contributed by atoms with van der Waals surface area (Å²) in [6.45, 7) is 2.45. The van der Waals surface area contributed by atoms with E-state index in [4.69, 9.17) is 9.47 Å². The van der Waals surface area contributed by atoms with Crippen molar-refractivity contribution in [3.8, 4) is 11.5 Å². The molecule has 0 aromatic heterocycles. The Morgan fingerprint density at radius 1 is 0.897 bits per heavy atom. The molecule has 4 heteroatoms. The summed E-state index contributed by atoms with van der Waals surface area (Å²) in [6.07, 6.45) is 3.11. The van der Waals surface area contributed by atoms with E-state index in [9.17, 15) is 0 Å². The van der Waals surface area contributed by atoms with Crippen molar-refractivity contribution in [1.82, 2.24) is 4.90 Å². The van der Waals surface area contributed by atoms with Gasteiger partial charge < -0.3 is 9.47 Å². The second-order valence-corrected chi connectivity index (χ2v) is 8.69. The van der Waals surface area contributed by atoms with Gasteiger partial charge in [-0.05, 0) is 65.8 Å². The van der Waals surface area contributed by atoms with Gasteiger partial charge >= 0.3 is 0 Å². The number of benzene rings is 3. The van der Waals surface area contributed by atoms with E-state index in [1.54, 1.807) is 0 Å². The van der Waals surface area contributed by atoms with Gasteiger partial charge in [-0.2, -0.15) is 0 Å². The lowest BCUT2D eigenvalue weighted by Crippen LogP contribution is -2.38. The van der Waals surface area contributed by atoms with Gasteiger partial charge in [0.2, 0.25) is 6.79 Å². The van der Waals surface area contributed by atoms with Crippen molar-refractivity contribution in [1.29, 1.82) is 0 Å². The zero-order valence-electron chi connectivity index (χ0n) is 16.3. The van der Waals surface area contributed by atoms with Gasteiger partial charge in [-0.25, -0.2) is 0 Å². The minimum atomic E-state index is 0.327. The Hall–Kier alpha value is -2.30. The molecule has 3 aromatic carbocycles. The molecule has 148 valence electrons. The van der Waals surface area contributed by atoms with Crippen molar-refractivity contribution in [3.63, 3.8) is 0 Å². The lowest BCUT2D eigenvalue weighted by atomic mass is 9.88. The minimum absolute atomic E-state index is 0.327. The Bertz CT molecular complexity index is 988. The molecule has 3 nitrogen and oxygen atoms in total. The molecular formula is C25H24BrNO2. The molecule has 2 aliphatic heterocycles. The van der Waals surface area contributed by atoms with Gasteiger partial charge in [-0.3, -0.25) is 4.90 Å². The quantitative estimate of drug-likeness (QED) is 0.508. The third kappa shape index (κ3) is 4.05. The Labute approximate surface area is 180 Å². The minimum Gasteiger partial charge on any atom is -0.454 e. The summed E-state index contributed by atoms with van der Waals surface area (Å²) in [7, 11) is 0. The van der Waals surface area contributed by atoms with Crippen LogP contribution in [0.25, 0.3) is 0 Å². The number of hydrogen-bond donors (Lipinski definition) is 0. The summed E-state index contributed by atoms with van der Waals surface area (Å²) in [5, 5.41) is 0. The van der Waals surface area contributed by atoms with Crippen molar-refractivity contribution in [2.24, 2.45) is 0 Å². The SMILES string of the molecule is Brc1ccc(CC2c3cc4c(cc3CCN2CCc2ccccc2)OCO4)cc1. The molecule has 29 heavy (non-hydrogen) atoms. The molecule has 0 aliphatic carbocycles. The van der Waals surface area contributed by atoms with Crippen LogP contribution in [-0.2, 0) is 19.3 Å². The molecule has 2 heterocycles. The number of ether oxygens (including phenoxy) is 2. The van der Waals surface area contributed by atoms with Gasteiger partial charge in [0.05, 0.1) is 0 Å². The highest BCUT2D eigenvalue weighted by molar-refractivity contribution is 9.10. The molecule has 1 atom stereocenters. The Morgan fingerprint density at radius 2 is 1.66 bits per heavy atom. The third-order valence-electron chi connectivity index (χ3n) is 5.98. The predicted molar refractivity (Wildman–Crippen MR) is 119 cm³/mol. The highest BCUT2D eigenvalue weighted by atomic mass is 79.9. The maximum atomic E-state index is 5.70. The third-order valence-corrected chi connectivity index (χ3v) is 6.50. The molecule has 0 saturated heterocycles. The lowest BCUT2D eigenvalue weighted by molar-refractivity contribution is 0.173. The van der Waals surface area contributed by atoms with Gasteiger partial charge in [-0.15, -0.1) is 0 Å². The zero-order valence-corrected chi connectivity index (χ0v) is 17.9. The Morgan fingerprint density at radius 3 is 2.45 bits per heavy atom. The van der Waals surface area contributed by atoms with E-state index in [0.29, 0.717) is 12.8 Å². The lowest BCUT2D eigenvalue weighted by Gasteiger charge is -2.38. The van der Waals surface area contributed by atoms with Crippen molar-refractivity contribution in [2.45, 2.75) is 25.3 Å². The van der Waals surface area contributed by atoms with Crippen LogP contribution in [0.3, 0.4) is 0 Å². The molecule has 0 bridgehead atoms. The standard InChI is InChI=1S/C25H24BrNO2/c26-21-8-6-19(7-9-21)14-23-22-16-25-24(28-17-29-25)15-20(22)11-13-27(23)12-10-18-4-2-1-3-5-18/h1-9,15-16,23H,10-14,17H2. The maximum absolute atomic E-state index is 5.70. The highest BCUT2D eigenvalue weighted by Gasteiger charge is 2.30. The second kappa shape index (κ2) is 8.21. The van der Waals surface area contributed by atoms with E-state index >= 15 is 0 Å². The largest absolute Gasteiger partial charge is 0.454 e. The van der Waals surface area contributed by atoms with Gasteiger partial charge in [0.25, 0.3) is 0 Å². The molecule has 2 aliphatic rings. The van der Waals surface area contributed by atoms with Crippen molar-refractivity contribution >= 4 is 15.9 Å². The molecule has 5 rings (SSSR count). The first kappa shape index (κ1) is 18.7. The topological polar surface area (TPSA) is 21.7 Å². The maximum Gasteiger partial charge on any atom is 0.231 e. The first-order valence-corrected chi connectivity index (χ1v) is 11.0. The van der Waals surface area contributed by atoms with Gasteiger partial charge in [0.15, 0.2) is 11.5 Å². The van der Waals surface area contributed by atoms with E-state index in [2.05, 4.69) is 87.6 Å². The zero-order chi connectivity index (χ0) is 19.6. The van der Waals surface area contributed by atoms with Crippen molar-refractivity contribution < 1.29 is 9.47 Å². The molecule has 0 radical (unpaired) electrons. The fourth-order valence-corrected chi connectivity index (χ4v) is 4.68. The van der Waals surface area contributed by atoms with Gasteiger partial charge in [0, 0.05) is 23.6 Å². The van der Waals surface area contributed by atoms with Crippen LogP contribution < -0.4 is 9.47 Å². The summed E-state index contributed by atoms with van der Waals surface area (Å²) in [5.41, 5.74) is 5.53. The molecule has 1 unspecified atom stereocenters. The fourth-order valence-electron chi connectivity index (χ4n) is 4.41. The number of rotatable bonds is 5. The van der Waals surface area contributed by atoms with Crippen LogP contribution in [0.2, 0.25) is 0 Å². The summed E-state index contributed by atoms with van der Waals surface area (Å²) < 4.78 is 12.4. The van der Waals surface area contributed by atoms with E-state index < -0.39 is 0 Å². The summed E-state index contributed by atoms with van der Waals surface area (Å²) >= 11 is 3.55. The Kier molecular flexibility index (Phi) is 5.30. The van der Waals surface area contributed by atoms with E-state index in [1.165, 1.54) is 22.3 Å². The number of nitrogens with zero attached hydrogens (tertiary/aromatic N) is 1. The molecule has 0 amide bonds. The summed E-state index contributed by atoms with van der Waals surface area (Å²) in [5.74, 6) is 1.78. The molecule has 3 aromatic rings. The van der Waals surface area contributed by atoms with Crippen LogP contribution in [0, 0.1) is 0 Å². The van der Waals surface area contributed by atoms with Crippen LogP contribution in [0.4, 0.5) is 0 Å². The summed E-state index contributed by atoms with van der Waals surface area (Å²) in [4.78, 5) is 2.64. The van der Waals surface area contributed by atoms with E-state index in [0.717, 1.165) is 48.3 Å². The van der Waals surface area contributed by atoms with Crippen LogP contribution in [0.1, 0.15) is 28.3 Å².